The quantitative estimate of drug-likeness (QED) is 0.663. The molecule has 0 aliphatic carbocycles. The lowest BCUT2D eigenvalue weighted by Crippen LogP contribution is -2.34. The SMILES string of the molecule is CCN(CC)C(=O)Nc1cc([N+](=O)[O-])ccc1F. The van der Waals surface area contributed by atoms with Crippen molar-refractivity contribution in [2.45, 2.75) is 13.8 Å². The number of benzene rings is 1. The summed E-state index contributed by atoms with van der Waals surface area (Å²) in [6.07, 6.45) is 0. The van der Waals surface area contributed by atoms with E-state index in [2.05, 4.69) is 5.32 Å². The highest BCUT2D eigenvalue weighted by Crippen LogP contribution is 2.21. The van der Waals surface area contributed by atoms with Gasteiger partial charge < -0.3 is 10.2 Å². The minimum Gasteiger partial charge on any atom is -0.325 e. The average Bonchev–Trinajstić information content (AvgIpc) is 2.33. The molecule has 0 atom stereocenters. The lowest BCUT2D eigenvalue weighted by Gasteiger charge is -2.19. The molecule has 1 aromatic carbocycles. The van der Waals surface area contributed by atoms with Crippen LogP contribution in [0.2, 0.25) is 0 Å². The van der Waals surface area contributed by atoms with Crippen LogP contribution in [0.3, 0.4) is 0 Å². The zero-order chi connectivity index (χ0) is 13.7. The third-order valence-electron chi connectivity index (χ3n) is 2.45. The molecule has 1 rings (SSSR count). The van der Waals surface area contributed by atoms with Gasteiger partial charge in [0.05, 0.1) is 10.6 Å². The number of hydrogen-bond donors (Lipinski definition) is 1. The highest BCUT2D eigenvalue weighted by atomic mass is 19.1. The number of non-ortho nitro benzene ring substituents is 1. The van der Waals surface area contributed by atoms with Gasteiger partial charge in [-0.1, -0.05) is 0 Å². The van der Waals surface area contributed by atoms with Gasteiger partial charge in [0, 0.05) is 25.2 Å². The second-order valence-corrected chi connectivity index (χ2v) is 3.52. The highest BCUT2D eigenvalue weighted by molar-refractivity contribution is 5.89. The number of carbonyl (C=O) groups is 1. The number of amides is 2. The molecule has 0 aliphatic heterocycles. The van der Waals surface area contributed by atoms with Crippen molar-refractivity contribution in [1.82, 2.24) is 4.90 Å². The van der Waals surface area contributed by atoms with E-state index >= 15 is 0 Å². The second-order valence-electron chi connectivity index (χ2n) is 3.52. The number of nitro benzene ring substituents is 1. The largest absolute Gasteiger partial charge is 0.325 e. The Balaban J connectivity index is 2.93. The molecule has 0 bridgehead atoms. The fourth-order valence-corrected chi connectivity index (χ4v) is 1.43. The fraction of sp³-hybridized carbons (Fsp3) is 0.364. The Morgan fingerprint density at radius 3 is 2.56 bits per heavy atom. The maximum absolute atomic E-state index is 13.4. The van der Waals surface area contributed by atoms with Gasteiger partial charge in [-0.05, 0) is 19.9 Å². The van der Waals surface area contributed by atoms with Crippen molar-refractivity contribution < 1.29 is 14.1 Å². The van der Waals surface area contributed by atoms with Gasteiger partial charge in [-0.2, -0.15) is 0 Å². The van der Waals surface area contributed by atoms with E-state index in [0.29, 0.717) is 13.1 Å². The molecule has 7 heteroatoms. The molecule has 1 N–H and O–H groups in total. The van der Waals surface area contributed by atoms with E-state index in [1.54, 1.807) is 13.8 Å². The predicted octanol–water partition coefficient (Wildman–Crippen LogP) is 2.61. The van der Waals surface area contributed by atoms with E-state index in [1.807, 2.05) is 0 Å². The first-order valence-electron chi connectivity index (χ1n) is 5.49. The lowest BCUT2D eigenvalue weighted by molar-refractivity contribution is -0.384. The van der Waals surface area contributed by atoms with Gasteiger partial charge in [-0.15, -0.1) is 0 Å². The molecule has 0 heterocycles. The molecule has 18 heavy (non-hydrogen) atoms. The van der Waals surface area contributed by atoms with Crippen LogP contribution in [-0.2, 0) is 0 Å². The van der Waals surface area contributed by atoms with Crippen LogP contribution < -0.4 is 5.32 Å². The summed E-state index contributed by atoms with van der Waals surface area (Å²) in [5, 5.41) is 12.9. The summed E-state index contributed by atoms with van der Waals surface area (Å²) in [4.78, 5) is 23.0. The van der Waals surface area contributed by atoms with Crippen molar-refractivity contribution in [3.63, 3.8) is 0 Å². The smallest absolute Gasteiger partial charge is 0.321 e. The number of urea groups is 1. The van der Waals surface area contributed by atoms with Crippen LogP contribution in [0.15, 0.2) is 18.2 Å². The highest BCUT2D eigenvalue weighted by Gasteiger charge is 2.15. The zero-order valence-corrected chi connectivity index (χ0v) is 10.1. The van der Waals surface area contributed by atoms with Crippen LogP contribution in [0.5, 0.6) is 0 Å². The number of nitrogens with zero attached hydrogens (tertiary/aromatic N) is 2. The molecule has 0 saturated heterocycles. The number of nitro groups is 1. The molecule has 6 nitrogen and oxygen atoms in total. The Morgan fingerprint density at radius 1 is 1.44 bits per heavy atom. The van der Waals surface area contributed by atoms with Crippen LogP contribution in [0, 0.1) is 15.9 Å². The molecule has 0 saturated carbocycles. The third-order valence-corrected chi connectivity index (χ3v) is 2.45. The lowest BCUT2D eigenvalue weighted by atomic mass is 10.2. The Kier molecular flexibility index (Phi) is 4.59. The Hall–Kier alpha value is -2.18. The van der Waals surface area contributed by atoms with Crippen molar-refractivity contribution in [1.29, 1.82) is 0 Å². The zero-order valence-electron chi connectivity index (χ0n) is 10.1. The second kappa shape index (κ2) is 5.95. The third kappa shape index (κ3) is 3.16. The van der Waals surface area contributed by atoms with Gasteiger partial charge in [-0.25, -0.2) is 9.18 Å². The predicted molar refractivity (Wildman–Crippen MR) is 65.0 cm³/mol. The van der Waals surface area contributed by atoms with E-state index in [4.69, 9.17) is 0 Å². The van der Waals surface area contributed by atoms with Crippen molar-refractivity contribution in [3.8, 4) is 0 Å². The molecule has 1 aromatic rings. The molecule has 2 amide bonds. The molecular weight excluding hydrogens is 241 g/mol. The van der Waals surface area contributed by atoms with Gasteiger partial charge >= 0.3 is 6.03 Å². The average molecular weight is 255 g/mol. The Morgan fingerprint density at radius 2 is 2.06 bits per heavy atom. The molecule has 0 aromatic heterocycles. The number of anilines is 1. The van der Waals surface area contributed by atoms with Crippen LogP contribution >= 0.6 is 0 Å². The molecule has 0 unspecified atom stereocenters. The summed E-state index contributed by atoms with van der Waals surface area (Å²) < 4.78 is 13.4. The Labute approximate surface area is 104 Å². The first-order valence-corrected chi connectivity index (χ1v) is 5.49. The van der Waals surface area contributed by atoms with Crippen LogP contribution in [0.1, 0.15) is 13.8 Å². The molecule has 0 fully saturated rings. The maximum atomic E-state index is 13.4. The number of rotatable bonds is 4. The maximum Gasteiger partial charge on any atom is 0.321 e. The normalized spacial score (nSPS) is 9.94. The van der Waals surface area contributed by atoms with E-state index in [1.165, 1.54) is 4.90 Å². The minimum absolute atomic E-state index is 0.193. The van der Waals surface area contributed by atoms with E-state index in [0.717, 1.165) is 18.2 Å². The van der Waals surface area contributed by atoms with Crippen molar-refractivity contribution in [3.05, 3.63) is 34.1 Å². The molecule has 98 valence electrons. The molecular formula is C11H14FN3O3. The van der Waals surface area contributed by atoms with Crippen molar-refractivity contribution in [2.24, 2.45) is 0 Å². The van der Waals surface area contributed by atoms with E-state index in [9.17, 15) is 19.3 Å². The number of nitrogens with one attached hydrogen (secondary N) is 1. The standard InChI is InChI=1S/C11H14FN3O3/c1-3-14(4-2)11(16)13-10-7-8(15(17)18)5-6-9(10)12/h5-7H,3-4H2,1-2H3,(H,13,16). The van der Waals surface area contributed by atoms with Gasteiger partial charge in [0.2, 0.25) is 0 Å². The van der Waals surface area contributed by atoms with Crippen molar-refractivity contribution in [2.75, 3.05) is 18.4 Å². The first kappa shape index (κ1) is 13.9. The van der Waals surface area contributed by atoms with Gasteiger partial charge in [-0.3, -0.25) is 10.1 Å². The summed E-state index contributed by atoms with van der Waals surface area (Å²) >= 11 is 0. The summed E-state index contributed by atoms with van der Waals surface area (Å²) in [6, 6.07) is 2.51. The summed E-state index contributed by atoms with van der Waals surface area (Å²) in [5.74, 6) is -0.707. The first-order chi connectivity index (χ1) is 8.49. The Bertz CT molecular complexity index is 461. The van der Waals surface area contributed by atoms with Crippen LogP contribution in [0.4, 0.5) is 20.6 Å². The van der Waals surface area contributed by atoms with E-state index in [-0.39, 0.29) is 11.4 Å². The number of halogens is 1. The number of hydrogen-bond acceptors (Lipinski definition) is 3. The monoisotopic (exact) mass is 255 g/mol. The van der Waals surface area contributed by atoms with Crippen LogP contribution in [0.25, 0.3) is 0 Å². The van der Waals surface area contributed by atoms with E-state index < -0.39 is 16.8 Å². The van der Waals surface area contributed by atoms with Gasteiger partial charge in [0.1, 0.15) is 5.82 Å². The summed E-state index contributed by atoms with van der Waals surface area (Å²) in [5.41, 5.74) is -0.465. The van der Waals surface area contributed by atoms with Gasteiger partial charge in [0.15, 0.2) is 0 Å². The molecule has 0 aliphatic rings. The summed E-state index contributed by atoms with van der Waals surface area (Å²) in [6.45, 7) is 4.51. The number of carbonyl (C=O) groups excluding carboxylic acids is 1. The van der Waals surface area contributed by atoms with Crippen LogP contribution in [-0.4, -0.2) is 28.9 Å². The molecule has 0 radical (unpaired) electrons. The van der Waals surface area contributed by atoms with Gasteiger partial charge in [0.25, 0.3) is 5.69 Å². The summed E-state index contributed by atoms with van der Waals surface area (Å²) in [7, 11) is 0. The molecule has 0 spiro atoms. The topological polar surface area (TPSA) is 75.5 Å². The fourth-order valence-electron chi connectivity index (χ4n) is 1.43. The minimum atomic E-state index is -0.707. The van der Waals surface area contributed by atoms with Crippen molar-refractivity contribution >= 4 is 17.4 Å².